The van der Waals surface area contributed by atoms with Crippen molar-refractivity contribution in [3.63, 3.8) is 0 Å². The number of likely N-dealkylation sites (N-methyl/N-ethyl adjacent to an activating group) is 1. The normalized spacial score (nSPS) is 21.1. The highest BCUT2D eigenvalue weighted by Crippen LogP contribution is 2.32. The molecule has 0 fully saturated rings. The van der Waals surface area contributed by atoms with E-state index in [1.165, 1.54) is 0 Å². The van der Waals surface area contributed by atoms with E-state index in [9.17, 15) is 0 Å². The first kappa shape index (κ1) is 9.80. The summed E-state index contributed by atoms with van der Waals surface area (Å²) in [6, 6.07) is 6.07. The molecule has 14 heavy (non-hydrogen) atoms. The van der Waals surface area contributed by atoms with Gasteiger partial charge < -0.3 is 15.4 Å². The Bertz CT molecular complexity index is 343. The number of fused-ring (bicyclic) bond motifs is 1. The summed E-state index contributed by atoms with van der Waals surface area (Å²) in [6.45, 7) is 1.41. The fourth-order valence-corrected chi connectivity index (χ4v) is 1.96. The number of hydrogen-bond acceptors (Lipinski definition) is 3. The zero-order chi connectivity index (χ0) is 10.1. The van der Waals surface area contributed by atoms with E-state index in [0.29, 0.717) is 6.61 Å². The third-order valence-corrected chi connectivity index (χ3v) is 2.79. The quantitative estimate of drug-likeness (QED) is 0.767. The molecule has 1 aromatic rings. The number of benzene rings is 1. The van der Waals surface area contributed by atoms with E-state index in [1.54, 1.807) is 0 Å². The van der Waals surface area contributed by atoms with Crippen molar-refractivity contribution in [3.05, 3.63) is 22.7 Å². The van der Waals surface area contributed by atoms with Gasteiger partial charge in [-0.3, -0.25) is 0 Å². The molecule has 0 amide bonds. The Morgan fingerprint density at radius 3 is 3.14 bits per heavy atom. The summed E-state index contributed by atoms with van der Waals surface area (Å²) in [7, 11) is 2.03. The average Bonchev–Trinajstić information content (AvgIpc) is 2.27. The van der Waals surface area contributed by atoms with Gasteiger partial charge in [0, 0.05) is 18.1 Å². The average molecular weight is 257 g/mol. The summed E-state index contributed by atoms with van der Waals surface area (Å²) < 4.78 is 6.66. The van der Waals surface area contributed by atoms with Crippen LogP contribution in [0.15, 0.2) is 22.7 Å². The van der Waals surface area contributed by atoms with Gasteiger partial charge in [0.05, 0.1) is 11.7 Å². The maximum absolute atomic E-state index is 5.86. The highest BCUT2D eigenvalue weighted by Gasteiger charge is 2.17. The molecule has 1 atom stereocenters. The monoisotopic (exact) mass is 256 g/mol. The van der Waals surface area contributed by atoms with Crippen LogP contribution < -0.4 is 15.4 Å². The van der Waals surface area contributed by atoms with Gasteiger partial charge in [0.15, 0.2) is 0 Å². The van der Waals surface area contributed by atoms with Gasteiger partial charge in [-0.25, -0.2) is 0 Å². The third kappa shape index (κ3) is 1.86. The lowest BCUT2D eigenvalue weighted by Crippen LogP contribution is -2.37. The number of nitrogens with zero attached hydrogens (tertiary/aromatic N) is 1. The van der Waals surface area contributed by atoms with Crippen LogP contribution in [0, 0.1) is 0 Å². The third-order valence-electron chi connectivity index (χ3n) is 2.29. The summed E-state index contributed by atoms with van der Waals surface area (Å²) in [5.74, 6) is 0.906. The van der Waals surface area contributed by atoms with Crippen LogP contribution in [0.3, 0.4) is 0 Å². The standard InChI is InChI=1S/C10H13BrN2O/c1-13-5-8(12)6-14-10-3-2-7(11)4-9(10)13/h2-4,8H,5-6,12H2,1H3/t8-/m0/s1. The zero-order valence-electron chi connectivity index (χ0n) is 8.03. The van der Waals surface area contributed by atoms with E-state index in [2.05, 4.69) is 20.8 Å². The van der Waals surface area contributed by atoms with Gasteiger partial charge in [-0.2, -0.15) is 0 Å². The number of nitrogens with two attached hydrogens (primary N) is 1. The first-order chi connectivity index (χ1) is 6.66. The minimum Gasteiger partial charge on any atom is -0.490 e. The van der Waals surface area contributed by atoms with Gasteiger partial charge in [0.25, 0.3) is 0 Å². The Kier molecular flexibility index (Phi) is 2.65. The molecule has 0 saturated carbocycles. The molecular weight excluding hydrogens is 244 g/mol. The molecule has 0 radical (unpaired) electrons. The second-order valence-electron chi connectivity index (χ2n) is 3.56. The molecule has 1 aliphatic rings. The fraction of sp³-hybridized carbons (Fsp3) is 0.400. The van der Waals surface area contributed by atoms with Gasteiger partial charge in [-0.15, -0.1) is 0 Å². The number of hydrogen-bond donors (Lipinski definition) is 1. The summed E-state index contributed by atoms with van der Waals surface area (Å²) in [5.41, 5.74) is 6.95. The minimum atomic E-state index is 0.0752. The van der Waals surface area contributed by atoms with E-state index < -0.39 is 0 Å². The Morgan fingerprint density at radius 2 is 2.36 bits per heavy atom. The van der Waals surface area contributed by atoms with Crippen molar-refractivity contribution in [3.8, 4) is 5.75 Å². The lowest BCUT2D eigenvalue weighted by Gasteiger charge is -2.19. The predicted octanol–water partition coefficient (Wildman–Crippen LogP) is 1.60. The van der Waals surface area contributed by atoms with Crippen LogP contribution in [0.1, 0.15) is 0 Å². The molecule has 1 aromatic carbocycles. The van der Waals surface area contributed by atoms with Gasteiger partial charge in [-0.05, 0) is 18.2 Å². The molecular formula is C10H13BrN2O. The second-order valence-corrected chi connectivity index (χ2v) is 4.48. The smallest absolute Gasteiger partial charge is 0.142 e. The molecule has 0 saturated heterocycles. The van der Waals surface area contributed by atoms with E-state index in [4.69, 9.17) is 10.5 Å². The number of halogens is 1. The molecule has 2 N–H and O–H groups in total. The molecule has 2 rings (SSSR count). The van der Waals surface area contributed by atoms with E-state index in [1.807, 2.05) is 25.2 Å². The summed E-state index contributed by atoms with van der Waals surface area (Å²) in [6.07, 6.45) is 0. The number of ether oxygens (including phenoxy) is 1. The van der Waals surface area contributed by atoms with E-state index in [0.717, 1.165) is 22.5 Å². The molecule has 0 spiro atoms. The van der Waals surface area contributed by atoms with Gasteiger partial charge in [0.2, 0.25) is 0 Å². The van der Waals surface area contributed by atoms with Gasteiger partial charge >= 0.3 is 0 Å². The summed E-state index contributed by atoms with van der Waals surface area (Å²) >= 11 is 3.45. The molecule has 76 valence electrons. The van der Waals surface area contributed by atoms with Crippen LogP contribution in [-0.2, 0) is 0 Å². The zero-order valence-corrected chi connectivity index (χ0v) is 9.62. The van der Waals surface area contributed by atoms with Gasteiger partial charge in [0.1, 0.15) is 12.4 Å². The van der Waals surface area contributed by atoms with Crippen LogP contribution >= 0.6 is 15.9 Å². The number of anilines is 1. The molecule has 0 aromatic heterocycles. The van der Waals surface area contributed by atoms with E-state index >= 15 is 0 Å². The molecule has 1 aliphatic heterocycles. The Labute approximate surface area is 92.0 Å². The SMILES string of the molecule is CN1C[C@H](N)COc2ccc(Br)cc21. The highest BCUT2D eigenvalue weighted by molar-refractivity contribution is 9.10. The Hall–Kier alpha value is -0.740. The van der Waals surface area contributed by atoms with Crippen LogP contribution in [-0.4, -0.2) is 26.2 Å². The molecule has 0 bridgehead atoms. The molecule has 0 aliphatic carbocycles. The lowest BCUT2D eigenvalue weighted by molar-refractivity contribution is 0.300. The Morgan fingerprint density at radius 1 is 1.57 bits per heavy atom. The van der Waals surface area contributed by atoms with Crippen molar-refractivity contribution < 1.29 is 4.74 Å². The lowest BCUT2D eigenvalue weighted by atomic mass is 10.2. The second kappa shape index (κ2) is 3.79. The van der Waals surface area contributed by atoms with Crippen LogP contribution in [0.2, 0.25) is 0 Å². The van der Waals surface area contributed by atoms with Crippen molar-refractivity contribution >= 4 is 21.6 Å². The van der Waals surface area contributed by atoms with Gasteiger partial charge in [-0.1, -0.05) is 15.9 Å². The Balaban J connectivity index is 2.39. The van der Waals surface area contributed by atoms with Crippen molar-refractivity contribution in [1.29, 1.82) is 0 Å². The van der Waals surface area contributed by atoms with E-state index in [-0.39, 0.29) is 6.04 Å². The highest BCUT2D eigenvalue weighted by atomic mass is 79.9. The van der Waals surface area contributed by atoms with Crippen molar-refractivity contribution in [2.75, 3.05) is 25.1 Å². The first-order valence-electron chi connectivity index (χ1n) is 4.56. The number of rotatable bonds is 0. The molecule has 0 unspecified atom stereocenters. The summed E-state index contributed by atoms with van der Waals surface area (Å²) in [4.78, 5) is 2.12. The fourth-order valence-electron chi connectivity index (χ4n) is 1.61. The maximum atomic E-state index is 5.86. The van der Waals surface area contributed by atoms with Crippen LogP contribution in [0.5, 0.6) is 5.75 Å². The molecule has 3 nitrogen and oxygen atoms in total. The largest absolute Gasteiger partial charge is 0.490 e. The van der Waals surface area contributed by atoms with Crippen molar-refractivity contribution in [2.24, 2.45) is 5.73 Å². The first-order valence-corrected chi connectivity index (χ1v) is 5.35. The topological polar surface area (TPSA) is 38.5 Å². The van der Waals surface area contributed by atoms with Crippen LogP contribution in [0.4, 0.5) is 5.69 Å². The van der Waals surface area contributed by atoms with Crippen molar-refractivity contribution in [1.82, 2.24) is 0 Å². The predicted molar refractivity (Wildman–Crippen MR) is 60.9 cm³/mol. The van der Waals surface area contributed by atoms with Crippen LogP contribution in [0.25, 0.3) is 0 Å². The molecule has 1 heterocycles. The van der Waals surface area contributed by atoms with Crippen molar-refractivity contribution in [2.45, 2.75) is 6.04 Å². The molecule has 4 heteroatoms. The maximum Gasteiger partial charge on any atom is 0.142 e. The minimum absolute atomic E-state index is 0.0752. The summed E-state index contributed by atoms with van der Waals surface area (Å²) in [5, 5.41) is 0.